The van der Waals surface area contributed by atoms with Crippen molar-refractivity contribution in [1.29, 1.82) is 0 Å². The minimum absolute atomic E-state index is 0.328. The van der Waals surface area contributed by atoms with E-state index in [4.69, 9.17) is 11.6 Å². The molecule has 1 rings (SSSR count). The zero-order valence-corrected chi connectivity index (χ0v) is 8.22. The molecule has 0 aliphatic carbocycles. The summed E-state index contributed by atoms with van der Waals surface area (Å²) in [5, 5.41) is 0. The van der Waals surface area contributed by atoms with Gasteiger partial charge in [-0.05, 0) is 6.07 Å². The molecule has 1 aromatic heterocycles. The van der Waals surface area contributed by atoms with Crippen molar-refractivity contribution < 1.29 is 18.0 Å². The molecule has 0 bridgehead atoms. The molecule has 0 N–H and O–H groups in total. The van der Waals surface area contributed by atoms with Gasteiger partial charge in [-0.15, -0.1) is 0 Å². The van der Waals surface area contributed by atoms with Gasteiger partial charge in [0.2, 0.25) is 0 Å². The summed E-state index contributed by atoms with van der Waals surface area (Å²) >= 11 is 5.25. The average molecular weight is 238 g/mol. The molecule has 0 fully saturated rings. The van der Waals surface area contributed by atoms with Gasteiger partial charge in [-0.25, -0.2) is 0 Å². The number of alkyl halides is 3. The predicted molar refractivity (Wildman–Crippen MR) is 49.8 cm³/mol. The fourth-order valence-corrected chi connectivity index (χ4v) is 1.09. The van der Waals surface area contributed by atoms with Crippen molar-refractivity contribution in [2.45, 2.75) is 12.7 Å². The highest BCUT2D eigenvalue weighted by atomic mass is 35.5. The van der Waals surface area contributed by atoms with E-state index >= 15 is 0 Å². The summed E-state index contributed by atoms with van der Waals surface area (Å²) < 4.78 is 37.4. The van der Waals surface area contributed by atoms with E-state index in [0.29, 0.717) is 6.54 Å². The summed E-state index contributed by atoms with van der Waals surface area (Å²) in [6, 6.07) is 1.12. The van der Waals surface area contributed by atoms with Crippen molar-refractivity contribution >= 4 is 17.4 Å². The van der Waals surface area contributed by atoms with Gasteiger partial charge in [0.05, 0.1) is 0 Å². The first-order valence-electron chi connectivity index (χ1n) is 3.97. The molecule has 0 aliphatic rings. The molecule has 15 heavy (non-hydrogen) atoms. The molecular weight excluding hydrogens is 231 g/mol. The van der Waals surface area contributed by atoms with E-state index in [1.54, 1.807) is 6.08 Å². The van der Waals surface area contributed by atoms with Gasteiger partial charge in [0.1, 0.15) is 0 Å². The molecule has 1 heterocycles. The van der Waals surface area contributed by atoms with Crippen LogP contribution >= 0.6 is 11.6 Å². The van der Waals surface area contributed by atoms with Gasteiger partial charge in [0.15, 0.2) is 0 Å². The minimum atomic E-state index is -4.82. The summed E-state index contributed by atoms with van der Waals surface area (Å²) in [6.07, 6.45) is -0.763. The van der Waals surface area contributed by atoms with Crippen molar-refractivity contribution in [2.75, 3.05) is 0 Å². The molecule has 0 aliphatic heterocycles. The largest absolute Gasteiger partial charge is 0.454 e. The van der Waals surface area contributed by atoms with Crippen molar-refractivity contribution in [3.8, 4) is 0 Å². The number of rotatable bonds is 3. The van der Waals surface area contributed by atoms with Crippen LogP contribution in [-0.2, 0) is 6.54 Å². The second-order valence-electron chi connectivity index (χ2n) is 2.79. The summed E-state index contributed by atoms with van der Waals surface area (Å²) in [7, 11) is 0. The van der Waals surface area contributed by atoms with Crippen LogP contribution in [0.2, 0.25) is 0 Å². The van der Waals surface area contributed by atoms with Crippen LogP contribution in [0.25, 0.3) is 0 Å². The SMILES string of the molecule is O=C(c1ccn(C/C=C/Cl)c1)C(F)(F)F. The Hall–Kier alpha value is -1.23. The van der Waals surface area contributed by atoms with Gasteiger partial charge < -0.3 is 4.57 Å². The van der Waals surface area contributed by atoms with Crippen molar-refractivity contribution in [3.63, 3.8) is 0 Å². The number of Topliss-reactive ketones (excluding diaryl/α,β-unsaturated/α-hetero) is 1. The van der Waals surface area contributed by atoms with Gasteiger partial charge in [-0.3, -0.25) is 4.79 Å². The first-order valence-corrected chi connectivity index (χ1v) is 4.41. The second kappa shape index (κ2) is 4.53. The lowest BCUT2D eigenvalue weighted by Crippen LogP contribution is -2.22. The van der Waals surface area contributed by atoms with Crippen LogP contribution < -0.4 is 0 Å². The summed E-state index contributed by atoms with van der Waals surface area (Å²) in [6.45, 7) is 0.328. The Balaban J connectivity index is 2.80. The summed E-state index contributed by atoms with van der Waals surface area (Å²) in [4.78, 5) is 10.8. The number of halogens is 4. The van der Waals surface area contributed by atoms with Crippen LogP contribution in [0.4, 0.5) is 13.2 Å². The molecule has 0 spiro atoms. The highest BCUT2D eigenvalue weighted by molar-refractivity contribution is 6.25. The van der Waals surface area contributed by atoms with Crippen LogP contribution in [0.5, 0.6) is 0 Å². The topological polar surface area (TPSA) is 22.0 Å². The number of allylic oxidation sites excluding steroid dienone is 1. The van der Waals surface area contributed by atoms with E-state index in [9.17, 15) is 18.0 Å². The van der Waals surface area contributed by atoms with E-state index in [-0.39, 0.29) is 5.56 Å². The average Bonchev–Trinajstić information content (AvgIpc) is 2.60. The van der Waals surface area contributed by atoms with E-state index in [0.717, 1.165) is 12.3 Å². The van der Waals surface area contributed by atoms with Crippen LogP contribution in [0.1, 0.15) is 10.4 Å². The Morgan fingerprint density at radius 1 is 1.53 bits per heavy atom. The predicted octanol–water partition coefficient (Wildman–Crippen LogP) is 2.99. The van der Waals surface area contributed by atoms with Gasteiger partial charge >= 0.3 is 6.18 Å². The highest BCUT2D eigenvalue weighted by Crippen LogP contribution is 2.21. The number of carbonyl (C=O) groups is 1. The number of hydrogen-bond donors (Lipinski definition) is 0. The van der Waals surface area contributed by atoms with Crippen molar-refractivity contribution in [2.24, 2.45) is 0 Å². The molecule has 0 radical (unpaired) electrons. The summed E-state index contributed by atoms with van der Waals surface area (Å²) in [5.74, 6) is -1.84. The zero-order valence-electron chi connectivity index (χ0n) is 7.46. The first-order chi connectivity index (χ1) is 6.95. The minimum Gasteiger partial charge on any atom is -0.350 e. The maximum atomic E-state index is 12.0. The molecule has 0 unspecified atom stereocenters. The molecule has 0 amide bonds. The number of carbonyl (C=O) groups excluding carboxylic acids is 1. The van der Waals surface area contributed by atoms with E-state index in [1.807, 2.05) is 0 Å². The molecule has 0 saturated carbocycles. The monoisotopic (exact) mass is 237 g/mol. The molecule has 0 atom stereocenters. The molecule has 6 heteroatoms. The van der Waals surface area contributed by atoms with E-state index in [1.165, 1.54) is 16.3 Å². The van der Waals surface area contributed by atoms with Crippen LogP contribution in [-0.4, -0.2) is 16.5 Å². The number of aromatic nitrogens is 1. The third kappa shape index (κ3) is 3.13. The smallest absolute Gasteiger partial charge is 0.350 e. The zero-order chi connectivity index (χ0) is 11.5. The maximum Gasteiger partial charge on any atom is 0.454 e. The quantitative estimate of drug-likeness (QED) is 0.741. The Morgan fingerprint density at radius 3 is 2.73 bits per heavy atom. The summed E-state index contributed by atoms with van der Waals surface area (Å²) in [5.41, 5.74) is 0.885. The molecule has 82 valence electrons. The van der Waals surface area contributed by atoms with Crippen molar-refractivity contribution in [1.82, 2.24) is 4.57 Å². The molecule has 0 aromatic carbocycles. The van der Waals surface area contributed by atoms with Crippen LogP contribution in [0, 0.1) is 0 Å². The lowest BCUT2D eigenvalue weighted by atomic mass is 10.2. The third-order valence-corrected chi connectivity index (χ3v) is 1.85. The second-order valence-corrected chi connectivity index (χ2v) is 3.04. The number of hydrogen-bond acceptors (Lipinski definition) is 1. The van der Waals surface area contributed by atoms with Gasteiger partial charge in [0.25, 0.3) is 5.78 Å². The van der Waals surface area contributed by atoms with Gasteiger partial charge in [-0.2, -0.15) is 13.2 Å². The molecular formula is C9H7ClF3NO. The molecule has 2 nitrogen and oxygen atoms in total. The Labute approximate surface area is 88.9 Å². The maximum absolute atomic E-state index is 12.0. The normalized spacial score (nSPS) is 12.3. The lowest BCUT2D eigenvalue weighted by molar-refractivity contribution is -0.0885. The van der Waals surface area contributed by atoms with Gasteiger partial charge in [-0.1, -0.05) is 17.7 Å². The Morgan fingerprint density at radius 2 is 2.20 bits per heavy atom. The Bertz CT molecular complexity index is 381. The number of ketones is 1. The lowest BCUT2D eigenvalue weighted by Gasteiger charge is -2.01. The Kier molecular flexibility index (Phi) is 3.57. The highest BCUT2D eigenvalue weighted by Gasteiger charge is 2.39. The van der Waals surface area contributed by atoms with Crippen molar-refractivity contribution in [3.05, 3.63) is 35.6 Å². The standard InChI is InChI=1S/C9H7ClF3NO/c10-3-1-4-14-5-2-7(6-14)8(15)9(11,12)13/h1-3,5-6H,4H2/b3-1+. The van der Waals surface area contributed by atoms with E-state index in [2.05, 4.69) is 0 Å². The fraction of sp³-hybridized carbons (Fsp3) is 0.222. The van der Waals surface area contributed by atoms with E-state index < -0.39 is 12.0 Å². The first kappa shape index (κ1) is 11.8. The van der Waals surface area contributed by atoms with Crippen LogP contribution in [0.15, 0.2) is 30.1 Å². The fourth-order valence-electron chi connectivity index (χ4n) is 1.01. The van der Waals surface area contributed by atoms with Gasteiger partial charge in [0, 0.05) is 30.0 Å². The molecule has 1 aromatic rings. The third-order valence-electron chi connectivity index (χ3n) is 1.68. The number of nitrogens with zero attached hydrogens (tertiary/aromatic N) is 1. The van der Waals surface area contributed by atoms with Crippen LogP contribution in [0.3, 0.4) is 0 Å². The molecule has 0 saturated heterocycles.